The van der Waals surface area contributed by atoms with Crippen molar-refractivity contribution in [3.05, 3.63) is 66.4 Å². The molecule has 0 aliphatic rings. The highest BCUT2D eigenvalue weighted by atomic mass is 16.5. The number of methoxy groups -OCH3 is 1. The number of nitrogens with one attached hydrogen (secondary N) is 1. The van der Waals surface area contributed by atoms with E-state index in [0.29, 0.717) is 0 Å². The molecule has 1 heterocycles. The predicted molar refractivity (Wildman–Crippen MR) is 82.1 cm³/mol. The third kappa shape index (κ3) is 2.57. The molecule has 20 heavy (non-hydrogen) atoms. The highest BCUT2D eigenvalue weighted by Gasteiger charge is 2.02. The predicted octanol–water partition coefficient (Wildman–Crippen LogP) is 3.86. The van der Waals surface area contributed by atoms with Gasteiger partial charge in [-0.25, -0.2) is 0 Å². The number of ether oxygens (including phenoxy) is 1. The van der Waals surface area contributed by atoms with Gasteiger partial charge in [-0.1, -0.05) is 24.3 Å². The van der Waals surface area contributed by atoms with E-state index in [1.807, 2.05) is 42.6 Å². The van der Waals surface area contributed by atoms with Crippen LogP contribution in [0.4, 0.5) is 5.69 Å². The molecule has 0 aliphatic heterocycles. The fraction of sp³-hybridized carbons (Fsp3) is 0.118. The van der Waals surface area contributed by atoms with Gasteiger partial charge in [0.25, 0.3) is 0 Å². The van der Waals surface area contributed by atoms with Crippen LogP contribution < -0.4 is 10.1 Å². The summed E-state index contributed by atoms with van der Waals surface area (Å²) in [5.74, 6) is 0.905. The monoisotopic (exact) mass is 264 g/mol. The van der Waals surface area contributed by atoms with Gasteiger partial charge in [0.1, 0.15) is 5.75 Å². The number of fused-ring (bicyclic) bond motifs is 1. The molecule has 0 amide bonds. The van der Waals surface area contributed by atoms with Crippen LogP contribution in [0.1, 0.15) is 5.56 Å². The maximum Gasteiger partial charge on any atom is 0.123 e. The zero-order valence-electron chi connectivity index (χ0n) is 11.3. The van der Waals surface area contributed by atoms with Crippen molar-refractivity contribution in [3.63, 3.8) is 0 Å². The lowest BCUT2D eigenvalue weighted by atomic mass is 10.1. The van der Waals surface area contributed by atoms with Crippen molar-refractivity contribution in [3.8, 4) is 5.75 Å². The van der Waals surface area contributed by atoms with Crippen molar-refractivity contribution < 1.29 is 4.74 Å². The van der Waals surface area contributed by atoms with Gasteiger partial charge < -0.3 is 10.1 Å². The first kappa shape index (κ1) is 12.5. The Labute approximate surface area is 118 Å². The van der Waals surface area contributed by atoms with Crippen molar-refractivity contribution in [2.75, 3.05) is 12.4 Å². The summed E-state index contributed by atoms with van der Waals surface area (Å²) >= 11 is 0. The SMILES string of the molecule is COc1ccccc1CNc1ccc2ncccc2c1. The Balaban J connectivity index is 1.79. The standard InChI is InChI=1S/C17H16N2O/c1-20-17-7-3-2-5-14(17)12-19-15-8-9-16-13(11-15)6-4-10-18-16/h2-11,19H,12H2,1H3. The Morgan fingerprint density at radius 2 is 1.95 bits per heavy atom. The average molecular weight is 264 g/mol. The fourth-order valence-electron chi connectivity index (χ4n) is 2.23. The summed E-state index contributed by atoms with van der Waals surface area (Å²) in [4.78, 5) is 4.32. The molecule has 0 saturated heterocycles. The van der Waals surface area contributed by atoms with Crippen LogP contribution in [-0.2, 0) is 6.54 Å². The first-order valence-corrected chi connectivity index (χ1v) is 6.57. The van der Waals surface area contributed by atoms with Gasteiger partial charge in [-0.3, -0.25) is 4.98 Å². The highest BCUT2D eigenvalue weighted by molar-refractivity contribution is 5.82. The van der Waals surface area contributed by atoms with Crippen molar-refractivity contribution in [1.82, 2.24) is 4.98 Å². The number of benzene rings is 2. The van der Waals surface area contributed by atoms with Crippen molar-refractivity contribution in [1.29, 1.82) is 0 Å². The molecule has 0 aliphatic carbocycles. The van der Waals surface area contributed by atoms with Crippen molar-refractivity contribution in [2.45, 2.75) is 6.54 Å². The second-order valence-corrected chi connectivity index (χ2v) is 4.58. The minimum atomic E-state index is 0.732. The summed E-state index contributed by atoms with van der Waals surface area (Å²) < 4.78 is 5.35. The zero-order valence-corrected chi connectivity index (χ0v) is 11.3. The number of nitrogens with zero attached hydrogens (tertiary/aromatic N) is 1. The normalized spacial score (nSPS) is 10.4. The smallest absolute Gasteiger partial charge is 0.123 e. The summed E-state index contributed by atoms with van der Waals surface area (Å²) in [6.07, 6.45) is 1.81. The molecule has 0 fully saturated rings. The molecule has 0 unspecified atom stereocenters. The number of anilines is 1. The Kier molecular flexibility index (Phi) is 3.50. The molecule has 0 spiro atoms. The van der Waals surface area contributed by atoms with Crippen LogP contribution in [0.25, 0.3) is 10.9 Å². The Morgan fingerprint density at radius 3 is 2.85 bits per heavy atom. The maximum atomic E-state index is 5.35. The molecule has 3 rings (SSSR count). The minimum absolute atomic E-state index is 0.732. The summed E-state index contributed by atoms with van der Waals surface area (Å²) in [5, 5.41) is 4.56. The summed E-state index contributed by atoms with van der Waals surface area (Å²) in [6, 6.07) is 18.2. The zero-order chi connectivity index (χ0) is 13.8. The van der Waals surface area contributed by atoms with Gasteiger partial charge >= 0.3 is 0 Å². The average Bonchev–Trinajstić information content (AvgIpc) is 2.53. The fourth-order valence-corrected chi connectivity index (χ4v) is 2.23. The van der Waals surface area contributed by atoms with Gasteiger partial charge in [-0.05, 0) is 30.3 Å². The van der Waals surface area contributed by atoms with Crippen molar-refractivity contribution in [2.24, 2.45) is 0 Å². The first-order chi connectivity index (χ1) is 9.86. The van der Waals surface area contributed by atoms with Crippen LogP contribution in [0.15, 0.2) is 60.8 Å². The topological polar surface area (TPSA) is 34.1 Å². The van der Waals surface area contributed by atoms with E-state index in [0.717, 1.165) is 34.4 Å². The van der Waals surface area contributed by atoms with E-state index in [1.165, 1.54) is 0 Å². The lowest BCUT2D eigenvalue weighted by molar-refractivity contribution is 0.410. The molecular formula is C17H16N2O. The summed E-state index contributed by atoms with van der Waals surface area (Å²) in [5.41, 5.74) is 3.23. The van der Waals surface area contributed by atoms with E-state index < -0.39 is 0 Å². The summed E-state index contributed by atoms with van der Waals surface area (Å²) in [7, 11) is 1.69. The number of para-hydroxylation sites is 1. The van der Waals surface area contributed by atoms with Crippen LogP contribution >= 0.6 is 0 Å². The molecule has 0 saturated carbocycles. The molecule has 1 aromatic heterocycles. The molecule has 1 N–H and O–H groups in total. The quantitative estimate of drug-likeness (QED) is 0.777. The molecule has 3 nitrogen and oxygen atoms in total. The van der Waals surface area contributed by atoms with Crippen LogP contribution in [0, 0.1) is 0 Å². The Bertz CT molecular complexity index is 725. The molecule has 100 valence electrons. The van der Waals surface area contributed by atoms with E-state index in [2.05, 4.69) is 28.5 Å². The van der Waals surface area contributed by atoms with Gasteiger partial charge in [0.2, 0.25) is 0 Å². The Morgan fingerprint density at radius 1 is 1.05 bits per heavy atom. The van der Waals surface area contributed by atoms with Crippen LogP contribution in [0.2, 0.25) is 0 Å². The number of hydrogen-bond acceptors (Lipinski definition) is 3. The van der Waals surface area contributed by atoms with E-state index in [-0.39, 0.29) is 0 Å². The molecule has 3 aromatic rings. The minimum Gasteiger partial charge on any atom is -0.496 e. The van der Waals surface area contributed by atoms with Crippen LogP contribution in [-0.4, -0.2) is 12.1 Å². The number of rotatable bonds is 4. The van der Waals surface area contributed by atoms with E-state index in [9.17, 15) is 0 Å². The van der Waals surface area contributed by atoms with Crippen molar-refractivity contribution >= 4 is 16.6 Å². The lowest BCUT2D eigenvalue weighted by Gasteiger charge is -2.10. The Hall–Kier alpha value is -2.55. The number of hydrogen-bond donors (Lipinski definition) is 1. The second kappa shape index (κ2) is 5.61. The molecule has 0 radical (unpaired) electrons. The van der Waals surface area contributed by atoms with Crippen LogP contribution in [0.5, 0.6) is 5.75 Å². The molecular weight excluding hydrogens is 248 g/mol. The van der Waals surface area contributed by atoms with E-state index >= 15 is 0 Å². The summed E-state index contributed by atoms with van der Waals surface area (Å²) in [6.45, 7) is 0.732. The lowest BCUT2D eigenvalue weighted by Crippen LogP contribution is -2.01. The van der Waals surface area contributed by atoms with E-state index in [1.54, 1.807) is 7.11 Å². The number of aromatic nitrogens is 1. The van der Waals surface area contributed by atoms with Gasteiger partial charge in [-0.15, -0.1) is 0 Å². The third-order valence-electron chi connectivity index (χ3n) is 3.28. The van der Waals surface area contributed by atoms with Gasteiger partial charge in [0.05, 0.1) is 12.6 Å². The van der Waals surface area contributed by atoms with Gasteiger partial charge in [0, 0.05) is 29.4 Å². The molecule has 0 bridgehead atoms. The molecule has 3 heteroatoms. The number of pyridine rings is 1. The third-order valence-corrected chi connectivity index (χ3v) is 3.28. The highest BCUT2D eigenvalue weighted by Crippen LogP contribution is 2.21. The first-order valence-electron chi connectivity index (χ1n) is 6.57. The maximum absolute atomic E-state index is 5.35. The second-order valence-electron chi connectivity index (χ2n) is 4.58. The van der Waals surface area contributed by atoms with Crippen LogP contribution in [0.3, 0.4) is 0 Å². The molecule has 0 atom stereocenters. The molecule has 2 aromatic carbocycles. The van der Waals surface area contributed by atoms with E-state index in [4.69, 9.17) is 4.74 Å². The van der Waals surface area contributed by atoms with Gasteiger partial charge in [-0.2, -0.15) is 0 Å². The van der Waals surface area contributed by atoms with Gasteiger partial charge in [0.15, 0.2) is 0 Å². The largest absolute Gasteiger partial charge is 0.496 e.